The first-order valence-electron chi connectivity index (χ1n) is 7.62. The molecule has 2 N–H and O–H groups in total. The molecule has 0 aliphatic rings. The SMILES string of the molecule is CC(C)Oc1ccc(Nc2ccc(NC(=O)C(C)C)nn2)cc1. The van der Waals surface area contributed by atoms with Crippen LogP contribution in [0.4, 0.5) is 17.3 Å². The molecule has 2 aromatic rings. The molecule has 1 aromatic carbocycles. The lowest BCUT2D eigenvalue weighted by Gasteiger charge is -2.11. The zero-order valence-corrected chi connectivity index (χ0v) is 13.8. The van der Waals surface area contributed by atoms with E-state index in [2.05, 4.69) is 20.8 Å². The highest BCUT2D eigenvalue weighted by atomic mass is 16.5. The number of nitrogens with one attached hydrogen (secondary N) is 2. The molecule has 0 fully saturated rings. The molecule has 0 atom stereocenters. The van der Waals surface area contributed by atoms with Crippen LogP contribution < -0.4 is 15.4 Å². The average Bonchev–Trinajstić information content (AvgIpc) is 2.50. The molecule has 6 nitrogen and oxygen atoms in total. The molecule has 0 spiro atoms. The van der Waals surface area contributed by atoms with Gasteiger partial charge in [0.05, 0.1) is 6.10 Å². The first kappa shape index (κ1) is 16.7. The number of benzene rings is 1. The van der Waals surface area contributed by atoms with Crippen molar-refractivity contribution >= 4 is 23.2 Å². The summed E-state index contributed by atoms with van der Waals surface area (Å²) in [6.45, 7) is 7.62. The summed E-state index contributed by atoms with van der Waals surface area (Å²) in [5, 5.41) is 13.9. The predicted octanol–water partition coefficient (Wildman–Crippen LogP) is 3.60. The van der Waals surface area contributed by atoms with Crippen LogP contribution in [0.3, 0.4) is 0 Å². The summed E-state index contributed by atoms with van der Waals surface area (Å²) < 4.78 is 5.60. The normalized spacial score (nSPS) is 10.7. The topological polar surface area (TPSA) is 76.1 Å². The zero-order valence-electron chi connectivity index (χ0n) is 13.8. The molecule has 0 radical (unpaired) electrons. The number of amides is 1. The Kier molecular flexibility index (Phi) is 5.51. The van der Waals surface area contributed by atoms with E-state index in [4.69, 9.17) is 4.74 Å². The van der Waals surface area contributed by atoms with Gasteiger partial charge >= 0.3 is 0 Å². The molecule has 23 heavy (non-hydrogen) atoms. The van der Waals surface area contributed by atoms with Gasteiger partial charge in [-0.2, -0.15) is 0 Å². The van der Waals surface area contributed by atoms with Crippen molar-refractivity contribution in [3.05, 3.63) is 36.4 Å². The van der Waals surface area contributed by atoms with Gasteiger partial charge in [0.2, 0.25) is 5.91 Å². The third-order valence-corrected chi connectivity index (χ3v) is 2.94. The van der Waals surface area contributed by atoms with Crippen molar-refractivity contribution in [1.29, 1.82) is 0 Å². The molecule has 1 amide bonds. The first-order chi connectivity index (χ1) is 10.9. The third-order valence-electron chi connectivity index (χ3n) is 2.94. The molecule has 6 heteroatoms. The van der Waals surface area contributed by atoms with E-state index in [1.165, 1.54) is 0 Å². The maximum atomic E-state index is 11.6. The van der Waals surface area contributed by atoms with Gasteiger partial charge in [-0.15, -0.1) is 10.2 Å². The lowest BCUT2D eigenvalue weighted by molar-refractivity contribution is -0.118. The van der Waals surface area contributed by atoms with Gasteiger partial charge in [-0.3, -0.25) is 4.79 Å². The summed E-state index contributed by atoms with van der Waals surface area (Å²) in [4.78, 5) is 11.6. The number of carbonyl (C=O) groups is 1. The molecule has 1 heterocycles. The monoisotopic (exact) mass is 314 g/mol. The summed E-state index contributed by atoms with van der Waals surface area (Å²) >= 11 is 0. The number of nitrogens with zero attached hydrogens (tertiary/aromatic N) is 2. The quantitative estimate of drug-likeness (QED) is 0.852. The average molecular weight is 314 g/mol. The van der Waals surface area contributed by atoms with Crippen molar-refractivity contribution in [3.63, 3.8) is 0 Å². The highest BCUT2D eigenvalue weighted by molar-refractivity contribution is 5.91. The minimum atomic E-state index is -0.0961. The molecule has 1 aromatic heterocycles. The summed E-state index contributed by atoms with van der Waals surface area (Å²) in [6.07, 6.45) is 0.147. The molecule has 0 aliphatic carbocycles. The number of anilines is 3. The smallest absolute Gasteiger partial charge is 0.228 e. The van der Waals surface area contributed by atoms with Crippen LogP contribution in [0.2, 0.25) is 0 Å². The van der Waals surface area contributed by atoms with Crippen LogP contribution in [0.15, 0.2) is 36.4 Å². The lowest BCUT2D eigenvalue weighted by atomic mass is 10.2. The fourth-order valence-corrected chi connectivity index (χ4v) is 1.77. The number of carbonyl (C=O) groups excluding carboxylic acids is 1. The van der Waals surface area contributed by atoms with Crippen molar-refractivity contribution in [2.24, 2.45) is 5.92 Å². The van der Waals surface area contributed by atoms with Gasteiger partial charge in [0.25, 0.3) is 0 Å². The Morgan fingerprint density at radius 2 is 1.57 bits per heavy atom. The van der Waals surface area contributed by atoms with E-state index in [9.17, 15) is 4.79 Å². The molecule has 0 saturated carbocycles. The van der Waals surface area contributed by atoms with Gasteiger partial charge < -0.3 is 15.4 Å². The number of aromatic nitrogens is 2. The van der Waals surface area contributed by atoms with Gasteiger partial charge in [-0.1, -0.05) is 13.8 Å². The highest BCUT2D eigenvalue weighted by Gasteiger charge is 2.08. The van der Waals surface area contributed by atoms with Crippen LogP contribution >= 0.6 is 0 Å². The summed E-state index contributed by atoms with van der Waals surface area (Å²) in [5.41, 5.74) is 0.884. The predicted molar refractivity (Wildman–Crippen MR) is 91.0 cm³/mol. The van der Waals surface area contributed by atoms with E-state index in [-0.39, 0.29) is 17.9 Å². The molecule has 0 unspecified atom stereocenters. The summed E-state index contributed by atoms with van der Waals surface area (Å²) in [6, 6.07) is 11.1. The number of rotatable bonds is 6. The standard InChI is InChI=1S/C17H22N4O2/c1-11(2)17(22)19-16-10-9-15(20-21-16)18-13-5-7-14(8-6-13)23-12(3)4/h5-12H,1-4H3,(H,18,20)(H,19,21,22). The Hall–Kier alpha value is -2.63. The van der Waals surface area contributed by atoms with Gasteiger partial charge in [-0.25, -0.2) is 0 Å². The van der Waals surface area contributed by atoms with E-state index in [0.29, 0.717) is 11.6 Å². The van der Waals surface area contributed by atoms with Crippen molar-refractivity contribution in [3.8, 4) is 5.75 Å². The number of hydrogen-bond acceptors (Lipinski definition) is 5. The fraction of sp³-hybridized carbons (Fsp3) is 0.353. The Labute approximate surface area is 136 Å². The van der Waals surface area contributed by atoms with E-state index in [1.807, 2.05) is 52.0 Å². The van der Waals surface area contributed by atoms with Crippen LogP contribution in [0, 0.1) is 5.92 Å². The van der Waals surface area contributed by atoms with Crippen LogP contribution in [0.25, 0.3) is 0 Å². The number of hydrogen-bond donors (Lipinski definition) is 2. The summed E-state index contributed by atoms with van der Waals surface area (Å²) in [7, 11) is 0. The maximum absolute atomic E-state index is 11.6. The second-order valence-corrected chi connectivity index (χ2v) is 5.76. The molecule has 122 valence electrons. The van der Waals surface area contributed by atoms with Gasteiger partial charge in [0.15, 0.2) is 11.6 Å². The Balaban J connectivity index is 1.96. The van der Waals surface area contributed by atoms with E-state index >= 15 is 0 Å². The van der Waals surface area contributed by atoms with Crippen molar-refractivity contribution in [1.82, 2.24) is 10.2 Å². The van der Waals surface area contributed by atoms with Crippen molar-refractivity contribution in [2.75, 3.05) is 10.6 Å². The van der Waals surface area contributed by atoms with E-state index in [1.54, 1.807) is 12.1 Å². The van der Waals surface area contributed by atoms with Gasteiger partial charge in [0, 0.05) is 11.6 Å². The van der Waals surface area contributed by atoms with Crippen LogP contribution in [-0.2, 0) is 4.79 Å². The molecular formula is C17H22N4O2. The first-order valence-corrected chi connectivity index (χ1v) is 7.62. The lowest BCUT2D eigenvalue weighted by Crippen LogP contribution is -2.18. The highest BCUT2D eigenvalue weighted by Crippen LogP contribution is 2.20. The van der Waals surface area contributed by atoms with Crippen molar-refractivity contribution < 1.29 is 9.53 Å². The fourth-order valence-electron chi connectivity index (χ4n) is 1.77. The van der Waals surface area contributed by atoms with Gasteiger partial charge in [0.1, 0.15) is 5.75 Å². The second-order valence-electron chi connectivity index (χ2n) is 5.76. The zero-order chi connectivity index (χ0) is 16.8. The van der Waals surface area contributed by atoms with Gasteiger partial charge in [-0.05, 0) is 50.2 Å². The minimum absolute atomic E-state index is 0.0826. The molecule has 0 aliphatic heterocycles. The summed E-state index contributed by atoms with van der Waals surface area (Å²) in [5.74, 6) is 1.69. The molecular weight excluding hydrogens is 292 g/mol. The molecule has 2 rings (SSSR count). The third kappa shape index (κ3) is 5.25. The van der Waals surface area contributed by atoms with E-state index < -0.39 is 0 Å². The Bertz CT molecular complexity index is 637. The number of ether oxygens (including phenoxy) is 1. The minimum Gasteiger partial charge on any atom is -0.491 e. The van der Waals surface area contributed by atoms with Crippen LogP contribution in [0.1, 0.15) is 27.7 Å². The largest absolute Gasteiger partial charge is 0.491 e. The Morgan fingerprint density at radius 1 is 0.957 bits per heavy atom. The molecule has 0 saturated heterocycles. The Morgan fingerprint density at radius 3 is 2.09 bits per heavy atom. The second kappa shape index (κ2) is 7.58. The van der Waals surface area contributed by atoms with Crippen molar-refractivity contribution in [2.45, 2.75) is 33.8 Å². The van der Waals surface area contributed by atoms with Crippen LogP contribution in [0.5, 0.6) is 5.75 Å². The van der Waals surface area contributed by atoms with E-state index in [0.717, 1.165) is 11.4 Å². The van der Waals surface area contributed by atoms with Crippen LogP contribution in [-0.4, -0.2) is 22.2 Å². The molecule has 0 bridgehead atoms. The maximum Gasteiger partial charge on any atom is 0.228 e.